The van der Waals surface area contributed by atoms with Crippen LogP contribution in [0.3, 0.4) is 0 Å². The van der Waals surface area contributed by atoms with Crippen LogP contribution in [0.2, 0.25) is 0 Å². The number of hydrogen-bond acceptors (Lipinski definition) is 7. The highest BCUT2D eigenvalue weighted by molar-refractivity contribution is 5.74. The lowest BCUT2D eigenvalue weighted by atomic mass is 9.93. The summed E-state index contributed by atoms with van der Waals surface area (Å²) in [6.45, 7) is 3.53. The van der Waals surface area contributed by atoms with Crippen molar-refractivity contribution in [1.29, 1.82) is 0 Å². The van der Waals surface area contributed by atoms with Gasteiger partial charge in [-0.05, 0) is 24.8 Å². The SMILES string of the molecule is CCC1CC(OCCOC)CC1c1nnc2cnc3[nH]ccc3n12.c1cnccn1. The molecule has 0 aromatic carbocycles. The quantitative estimate of drug-likeness (QED) is 0.488. The highest BCUT2D eigenvalue weighted by atomic mass is 16.5. The first-order chi connectivity index (χ1) is 14.8. The largest absolute Gasteiger partial charge is 0.382 e. The third kappa shape index (κ3) is 4.31. The molecule has 0 radical (unpaired) electrons. The average Bonchev–Trinajstić information content (AvgIpc) is 3.52. The normalized spacial score (nSPS) is 21.1. The predicted octanol–water partition coefficient (Wildman–Crippen LogP) is 3.02. The summed E-state index contributed by atoms with van der Waals surface area (Å²) in [5, 5.41) is 8.85. The van der Waals surface area contributed by atoms with Crippen LogP contribution in [-0.2, 0) is 9.47 Å². The standard InChI is InChI=1S/C17H23N5O2.C4H4N2/c1-3-11-8-12(24-7-6-23-2)9-13(11)17-21-20-15-10-19-16-14(22(15)17)4-5-18-16;1-2-6-4-3-5-1/h4-5,10-13,18H,3,6-9H2,1-2H3;1-4H. The lowest BCUT2D eigenvalue weighted by molar-refractivity contribution is 0.0186. The first-order valence-corrected chi connectivity index (χ1v) is 10.3. The molecule has 4 heterocycles. The van der Waals surface area contributed by atoms with Gasteiger partial charge >= 0.3 is 0 Å². The van der Waals surface area contributed by atoms with E-state index in [2.05, 4.69) is 41.5 Å². The topological polar surface area (TPSA) is 103 Å². The van der Waals surface area contributed by atoms with Gasteiger partial charge in [0.1, 0.15) is 5.82 Å². The number of methoxy groups -OCH3 is 1. The molecule has 1 saturated carbocycles. The van der Waals surface area contributed by atoms with Gasteiger partial charge in [-0.3, -0.25) is 14.4 Å². The van der Waals surface area contributed by atoms with Crippen molar-refractivity contribution in [3.8, 4) is 0 Å². The van der Waals surface area contributed by atoms with E-state index >= 15 is 0 Å². The maximum absolute atomic E-state index is 5.99. The van der Waals surface area contributed by atoms with Gasteiger partial charge in [-0.2, -0.15) is 0 Å². The van der Waals surface area contributed by atoms with E-state index in [1.807, 2.05) is 12.3 Å². The molecular weight excluding hydrogens is 382 g/mol. The fourth-order valence-corrected chi connectivity index (χ4v) is 4.17. The highest BCUT2D eigenvalue weighted by Crippen LogP contribution is 2.42. The Hall–Kier alpha value is -2.91. The number of hydrogen-bond donors (Lipinski definition) is 1. The maximum atomic E-state index is 5.99. The van der Waals surface area contributed by atoms with E-state index in [9.17, 15) is 0 Å². The number of nitrogens with one attached hydrogen (secondary N) is 1. The summed E-state index contributed by atoms with van der Waals surface area (Å²) in [4.78, 5) is 15.0. The number of nitrogens with zero attached hydrogens (tertiary/aromatic N) is 6. The van der Waals surface area contributed by atoms with Crippen molar-refractivity contribution in [2.45, 2.75) is 38.2 Å². The summed E-state index contributed by atoms with van der Waals surface area (Å²) in [6.07, 6.45) is 13.7. The lowest BCUT2D eigenvalue weighted by Gasteiger charge is -2.15. The van der Waals surface area contributed by atoms with Gasteiger partial charge in [0, 0.05) is 44.0 Å². The summed E-state index contributed by atoms with van der Waals surface area (Å²) in [5.41, 5.74) is 2.70. The Balaban J connectivity index is 0.000000313. The fraction of sp³-hybridized carbons (Fsp3) is 0.476. The molecule has 4 aromatic heterocycles. The maximum Gasteiger partial charge on any atom is 0.179 e. The van der Waals surface area contributed by atoms with Crippen LogP contribution < -0.4 is 0 Å². The Bertz CT molecular complexity index is 1020. The second kappa shape index (κ2) is 9.73. The fourth-order valence-electron chi connectivity index (χ4n) is 4.17. The summed E-state index contributed by atoms with van der Waals surface area (Å²) in [7, 11) is 1.70. The summed E-state index contributed by atoms with van der Waals surface area (Å²) in [5.74, 6) is 1.95. The molecule has 1 N–H and O–H groups in total. The first kappa shape index (κ1) is 20.4. The average molecular weight is 409 g/mol. The van der Waals surface area contributed by atoms with Gasteiger partial charge in [0.2, 0.25) is 0 Å². The first-order valence-electron chi connectivity index (χ1n) is 10.3. The summed E-state index contributed by atoms with van der Waals surface area (Å²) in [6, 6.07) is 2.03. The molecular formula is C21H27N7O2. The predicted molar refractivity (Wildman–Crippen MR) is 112 cm³/mol. The Morgan fingerprint density at radius 1 is 1.10 bits per heavy atom. The molecule has 0 spiro atoms. The van der Waals surface area contributed by atoms with Gasteiger partial charge < -0.3 is 14.5 Å². The zero-order valence-electron chi connectivity index (χ0n) is 17.3. The number of H-pyrrole nitrogens is 1. The number of rotatable bonds is 6. The second-order valence-electron chi connectivity index (χ2n) is 7.35. The number of aromatic amines is 1. The van der Waals surface area contributed by atoms with Crippen molar-refractivity contribution in [3.63, 3.8) is 0 Å². The van der Waals surface area contributed by atoms with Crippen LogP contribution in [0.25, 0.3) is 16.8 Å². The van der Waals surface area contributed by atoms with Crippen LogP contribution in [0, 0.1) is 5.92 Å². The van der Waals surface area contributed by atoms with Crippen molar-refractivity contribution < 1.29 is 9.47 Å². The monoisotopic (exact) mass is 409 g/mol. The van der Waals surface area contributed by atoms with Crippen molar-refractivity contribution in [2.24, 2.45) is 5.92 Å². The van der Waals surface area contributed by atoms with Crippen molar-refractivity contribution in [3.05, 3.63) is 49.1 Å². The molecule has 4 aromatic rings. The zero-order chi connectivity index (χ0) is 20.8. The minimum Gasteiger partial charge on any atom is -0.382 e. The molecule has 3 unspecified atom stereocenters. The van der Waals surface area contributed by atoms with Gasteiger partial charge in [0.25, 0.3) is 0 Å². The lowest BCUT2D eigenvalue weighted by Crippen LogP contribution is -2.13. The van der Waals surface area contributed by atoms with Crippen LogP contribution in [0.5, 0.6) is 0 Å². The molecule has 1 aliphatic carbocycles. The summed E-state index contributed by atoms with van der Waals surface area (Å²) < 4.78 is 13.2. The van der Waals surface area contributed by atoms with E-state index in [0.717, 1.165) is 41.9 Å². The van der Waals surface area contributed by atoms with E-state index in [1.54, 1.807) is 38.1 Å². The number of fused-ring (bicyclic) bond motifs is 3. The Kier molecular flexibility index (Phi) is 6.60. The Morgan fingerprint density at radius 3 is 2.60 bits per heavy atom. The van der Waals surface area contributed by atoms with Gasteiger partial charge in [-0.25, -0.2) is 4.98 Å². The van der Waals surface area contributed by atoms with Crippen LogP contribution >= 0.6 is 0 Å². The molecule has 0 bridgehead atoms. The molecule has 158 valence electrons. The zero-order valence-corrected chi connectivity index (χ0v) is 17.3. The highest BCUT2D eigenvalue weighted by Gasteiger charge is 2.37. The molecule has 0 aliphatic heterocycles. The molecule has 9 heteroatoms. The molecule has 5 rings (SSSR count). The van der Waals surface area contributed by atoms with Gasteiger partial charge in [0.05, 0.1) is 31.0 Å². The van der Waals surface area contributed by atoms with E-state index in [1.165, 1.54) is 0 Å². The molecule has 30 heavy (non-hydrogen) atoms. The van der Waals surface area contributed by atoms with E-state index < -0.39 is 0 Å². The number of ether oxygens (including phenoxy) is 2. The van der Waals surface area contributed by atoms with Crippen LogP contribution in [0.4, 0.5) is 0 Å². The molecule has 1 aliphatic rings. The third-order valence-corrected chi connectivity index (χ3v) is 5.59. The van der Waals surface area contributed by atoms with Crippen LogP contribution in [0.1, 0.15) is 37.9 Å². The Labute approximate surface area is 174 Å². The minimum absolute atomic E-state index is 0.269. The Morgan fingerprint density at radius 2 is 1.90 bits per heavy atom. The van der Waals surface area contributed by atoms with Crippen molar-refractivity contribution >= 4 is 16.8 Å². The van der Waals surface area contributed by atoms with Crippen molar-refractivity contribution in [2.75, 3.05) is 20.3 Å². The third-order valence-electron chi connectivity index (χ3n) is 5.59. The van der Waals surface area contributed by atoms with E-state index in [4.69, 9.17) is 9.47 Å². The van der Waals surface area contributed by atoms with Crippen LogP contribution in [0.15, 0.2) is 43.2 Å². The van der Waals surface area contributed by atoms with Gasteiger partial charge in [-0.1, -0.05) is 13.3 Å². The van der Waals surface area contributed by atoms with E-state index in [-0.39, 0.29) is 6.10 Å². The molecule has 0 saturated heterocycles. The summed E-state index contributed by atoms with van der Waals surface area (Å²) >= 11 is 0. The van der Waals surface area contributed by atoms with Gasteiger partial charge in [-0.15, -0.1) is 10.2 Å². The molecule has 1 fully saturated rings. The van der Waals surface area contributed by atoms with Crippen LogP contribution in [-0.4, -0.2) is 61.0 Å². The minimum atomic E-state index is 0.269. The molecule has 9 nitrogen and oxygen atoms in total. The number of aromatic nitrogens is 7. The molecule has 0 amide bonds. The van der Waals surface area contributed by atoms with Crippen molar-refractivity contribution in [1.82, 2.24) is 34.5 Å². The van der Waals surface area contributed by atoms with Gasteiger partial charge in [0.15, 0.2) is 11.3 Å². The smallest absolute Gasteiger partial charge is 0.179 e. The van der Waals surface area contributed by atoms with E-state index in [0.29, 0.717) is 25.0 Å². The molecule has 3 atom stereocenters. The second-order valence-corrected chi connectivity index (χ2v) is 7.35.